The Kier molecular flexibility index (Phi) is 6.23. The Hall–Kier alpha value is -2.76. The van der Waals surface area contributed by atoms with E-state index in [-0.39, 0.29) is 11.7 Å². The summed E-state index contributed by atoms with van der Waals surface area (Å²) in [7, 11) is 0. The quantitative estimate of drug-likeness (QED) is 0.587. The molecule has 0 aromatic heterocycles. The van der Waals surface area contributed by atoms with Gasteiger partial charge in [-0.1, -0.05) is 48.0 Å². The summed E-state index contributed by atoms with van der Waals surface area (Å²) in [6.45, 7) is 0.125. The van der Waals surface area contributed by atoms with E-state index in [0.29, 0.717) is 29.2 Å². The van der Waals surface area contributed by atoms with Gasteiger partial charge in [-0.25, -0.2) is 0 Å². The molecule has 0 aliphatic carbocycles. The van der Waals surface area contributed by atoms with Crippen LogP contribution in [0, 0.1) is 17.7 Å². The number of aryl methyl sites for hydroxylation is 1. The van der Waals surface area contributed by atoms with Gasteiger partial charge in [-0.15, -0.1) is 6.42 Å². The average Bonchev–Trinajstić information content (AvgIpc) is 2.60. The second kappa shape index (κ2) is 8.63. The van der Waals surface area contributed by atoms with Crippen LogP contribution in [0.15, 0.2) is 48.5 Å². The zero-order valence-electron chi connectivity index (χ0n) is 12.4. The van der Waals surface area contributed by atoms with Crippen molar-refractivity contribution in [3.63, 3.8) is 0 Å². The Balaban J connectivity index is 1.98. The smallest absolute Gasteiger partial charge is 0.388 e. The third-order valence-electron chi connectivity index (χ3n) is 3.12. The van der Waals surface area contributed by atoms with Gasteiger partial charge in [0.25, 0.3) is 0 Å². The number of benzene rings is 2. The molecule has 0 saturated heterocycles. The Morgan fingerprint density at radius 1 is 1.22 bits per heavy atom. The molecule has 0 heterocycles. The van der Waals surface area contributed by atoms with E-state index in [1.54, 1.807) is 36.4 Å². The molecule has 0 amide bonds. The number of ether oxygens (including phenoxy) is 1. The lowest BCUT2D eigenvalue weighted by Gasteiger charge is -2.08. The molecule has 0 spiro atoms. The molecule has 114 valence electrons. The Labute approximate surface area is 139 Å². The zero-order chi connectivity index (χ0) is 16.5. The summed E-state index contributed by atoms with van der Waals surface area (Å²) in [5.74, 6) is 3.46. The van der Waals surface area contributed by atoms with E-state index in [2.05, 4.69) is 10.9 Å². The van der Waals surface area contributed by atoms with Crippen LogP contribution in [0.3, 0.4) is 0 Å². The first-order valence-electron chi connectivity index (χ1n) is 7.01. The first-order valence-corrected chi connectivity index (χ1v) is 8.00. The van der Waals surface area contributed by atoms with Crippen molar-refractivity contribution in [1.82, 2.24) is 0 Å². The third kappa shape index (κ3) is 4.60. The molecule has 0 unspecified atom stereocenters. The molecule has 4 nitrogen and oxygen atoms in total. The van der Waals surface area contributed by atoms with Crippen molar-refractivity contribution in [3.8, 4) is 18.1 Å². The minimum atomic E-state index is -0.0731. The fourth-order valence-electron chi connectivity index (χ4n) is 2.03. The van der Waals surface area contributed by atoms with Crippen LogP contribution in [0.25, 0.3) is 4.98 Å². The Morgan fingerprint density at radius 3 is 2.74 bits per heavy atom. The Bertz CT molecular complexity index is 775. The van der Waals surface area contributed by atoms with Crippen molar-refractivity contribution in [1.29, 1.82) is 5.39 Å². The zero-order valence-corrected chi connectivity index (χ0v) is 13.3. The molecule has 0 aliphatic heterocycles. The van der Waals surface area contributed by atoms with Gasteiger partial charge >= 0.3 is 5.69 Å². The normalized spacial score (nSPS) is 9.65. The summed E-state index contributed by atoms with van der Waals surface area (Å²) >= 11 is 1.20. The highest BCUT2D eigenvalue weighted by atomic mass is 32.2. The van der Waals surface area contributed by atoms with E-state index in [0.717, 1.165) is 5.56 Å². The molecule has 2 aromatic carbocycles. The Morgan fingerprint density at radius 2 is 1.96 bits per heavy atom. The number of carbonyl (C=O) groups excluding carboxylic acids is 1. The first kappa shape index (κ1) is 16.6. The molecule has 0 saturated carbocycles. The molecule has 0 N–H and O–H groups in total. The van der Waals surface area contributed by atoms with Crippen LogP contribution in [-0.2, 0) is 6.42 Å². The summed E-state index contributed by atoms with van der Waals surface area (Å²) in [5, 5.41) is 8.87. The van der Waals surface area contributed by atoms with Crippen molar-refractivity contribution in [2.24, 2.45) is 0 Å². The lowest BCUT2D eigenvalue weighted by Crippen LogP contribution is -2.02. The summed E-state index contributed by atoms with van der Waals surface area (Å²) in [4.78, 5) is 15.6. The maximum Gasteiger partial charge on any atom is 0.388 e. The summed E-state index contributed by atoms with van der Waals surface area (Å²) in [5.41, 5.74) is 1.93. The molecule has 0 bridgehead atoms. The number of para-hydroxylation sites is 1. The van der Waals surface area contributed by atoms with Gasteiger partial charge in [-0.05, 0) is 18.6 Å². The van der Waals surface area contributed by atoms with Gasteiger partial charge in [0.05, 0.1) is 5.56 Å². The molecule has 2 rings (SSSR count). The SMILES string of the molecule is C#CCOc1ccccc1C(=O)SCCc1ccccc1[N+]#N. The fraction of sp³-hybridized carbons (Fsp3) is 0.167. The average molecular weight is 323 g/mol. The van der Waals surface area contributed by atoms with Crippen LogP contribution >= 0.6 is 11.8 Å². The van der Waals surface area contributed by atoms with E-state index < -0.39 is 0 Å². The third-order valence-corrected chi connectivity index (χ3v) is 4.01. The van der Waals surface area contributed by atoms with Gasteiger partial charge in [0.15, 0.2) is 4.98 Å². The van der Waals surface area contributed by atoms with Crippen molar-refractivity contribution in [2.45, 2.75) is 6.42 Å². The summed E-state index contributed by atoms with van der Waals surface area (Å²) in [6, 6.07) is 14.3. The highest BCUT2D eigenvalue weighted by molar-refractivity contribution is 8.14. The maximum absolute atomic E-state index is 12.3. The van der Waals surface area contributed by atoms with Gasteiger partial charge in [0, 0.05) is 17.4 Å². The molecular formula is C18H15N2O2S+. The van der Waals surface area contributed by atoms with Crippen molar-refractivity contribution >= 4 is 22.6 Å². The number of nitrogens with zero attached hydrogens (tertiary/aromatic N) is 2. The molecular weight excluding hydrogens is 308 g/mol. The molecule has 0 fully saturated rings. The lowest BCUT2D eigenvalue weighted by molar-refractivity contribution is 0.108. The van der Waals surface area contributed by atoms with Crippen LogP contribution < -0.4 is 4.74 Å². The number of terminal acetylenes is 1. The number of diazo groups is 1. The minimum absolute atomic E-state index is 0.0731. The van der Waals surface area contributed by atoms with E-state index in [1.165, 1.54) is 11.8 Å². The second-order valence-corrected chi connectivity index (χ2v) is 5.67. The topological polar surface area (TPSA) is 54.5 Å². The molecule has 23 heavy (non-hydrogen) atoms. The van der Waals surface area contributed by atoms with Gasteiger partial charge in [-0.2, -0.15) is 0 Å². The predicted molar refractivity (Wildman–Crippen MR) is 92.4 cm³/mol. The van der Waals surface area contributed by atoms with Crippen LogP contribution in [-0.4, -0.2) is 17.5 Å². The summed E-state index contributed by atoms with van der Waals surface area (Å²) < 4.78 is 5.39. The van der Waals surface area contributed by atoms with Crippen LogP contribution in [0.5, 0.6) is 5.75 Å². The first-order chi connectivity index (χ1) is 11.3. The molecule has 0 aliphatic rings. The monoisotopic (exact) mass is 323 g/mol. The maximum atomic E-state index is 12.3. The molecule has 0 atom stereocenters. The molecule has 5 heteroatoms. The molecule has 0 radical (unpaired) electrons. The highest BCUT2D eigenvalue weighted by Gasteiger charge is 2.15. The number of thioether (sulfide) groups is 1. The van der Waals surface area contributed by atoms with Crippen molar-refractivity contribution < 1.29 is 9.53 Å². The summed E-state index contributed by atoms with van der Waals surface area (Å²) in [6.07, 6.45) is 5.81. The number of carbonyl (C=O) groups is 1. The van der Waals surface area contributed by atoms with Gasteiger partial charge in [0.1, 0.15) is 12.4 Å². The highest BCUT2D eigenvalue weighted by Crippen LogP contribution is 2.25. The van der Waals surface area contributed by atoms with Gasteiger partial charge in [0.2, 0.25) is 10.5 Å². The van der Waals surface area contributed by atoms with Crippen LogP contribution in [0.1, 0.15) is 15.9 Å². The van der Waals surface area contributed by atoms with E-state index in [1.807, 2.05) is 12.1 Å². The van der Waals surface area contributed by atoms with E-state index in [9.17, 15) is 4.79 Å². The molecule has 2 aromatic rings. The largest absolute Gasteiger partial charge is 0.480 e. The number of hydrogen-bond donors (Lipinski definition) is 0. The minimum Gasteiger partial charge on any atom is -0.480 e. The van der Waals surface area contributed by atoms with Crippen LogP contribution in [0.2, 0.25) is 0 Å². The second-order valence-electron chi connectivity index (χ2n) is 4.60. The van der Waals surface area contributed by atoms with Gasteiger partial charge < -0.3 is 4.74 Å². The van der Waals surface area contributed by atoms with Crippen molar-refractivity contribution in [3.05, 3.63) is 64.6 Å². The standard InChI is InChI=1S/C18H15N2O2S/c1-2-12-22-17-10-6-4-8-15(17)18(21)23-13-11-14-7-3-5-9-16(14)20-19/h1,3-10H,11-13H2/q+1. The van der Waals surface area contributed by atoms with Gasteiger partial charge in [-0.3, -0.25) is 4.79 Å². The number of rotatable bonds is 6. The van der Waals surface area contributed by atoms with E-state index in [4.69, 9.17) is 16.6 Å². The van der Waals surface area contributed by atoms with E-state index >= 15 is 0 Å². The lowest BCUT2D eigenvalue weighted by atomic mass is 10.1. The van der Waals surface area contributed by atoms with Crippen LogP contribution in [0.4, 0.5) is 5.69 Å². The van der Waals surface area contributed by atoms with Crippen molar-refractivity contribution in [2.75, 3.05) is 12.4 Å². The number of hydrogen-bond acceptors (Lipinski definition) is 4. The predicted octanol–water partition coefficient (Wildman–Crippen LogP) is 4.30. The fourth-order valence-corrected chi connectivity index (χ4v) is 2.86.